The van der Waals surface area contributed by atoms with Crippen LogP contribution in [0.1, 0.15) is 12.5 Å². The largest absolute Gasteiger partial charge is 0.506 e. The first-order valence-electron chi connectivity index (χ1n) is 6.38. The second kappa shape index (κ2) is 6.56. The summed E-state index contributed by atoms with van der Waals surface area (Å²) in [5.74, 6) is -0.422. The first kappa shape index (κ1) is 14.6. The quantitative estimate of drug-likeness (QED) is 0.828. The molecule has 1 atom stereocenters. The highest BCUT2D eigenvalue weighted by atomic mass is 16.5. The summed E-state index contributed by atoms with van der Waals surface area (Å²) in [7, 11) is 0. The van der Waals surface area contributed by atoms with Gasteiger partial charge in [-0.15, -0.1) is 0 Å². The molecule has 0 aliphatic carbocycles. The average molecular weight is 285 g/mol. The van der Waals surface area contributed by atoms with E-state index in [0.717, 1.165) is 5.56 Å². The molecule has 0 aliphatic rings. The molecule has 0 aliphatic heterocycles. The molecule has 0 fully saturated rings. The number of ether oxygens (including phenoxy) is 1. The molecule has 108 valence electrons. The topological polar surface area (TPSA) is 79.1 Å². The van der Waals surface area contributed by atoms with Crippen molar-refractivity contribution in [2.75, 3.05) is 0 Å². The van der Waals surface area contributed by atoms with Gasteiger partial charge in [-0.05, 0) is 48.9 Å². The molecule has 0 amide bonds. The molecule has 0 bridgehead atoms. The summed E-state index contributed by atoms with van der Waals surface area (Å²) in [5, 5.41) is 18.4. The van der Waals surface area contributed by atoms with Crippen molar-refractivity contribution in [1.82, 2.24) is 0 Å². The number of aliphatic imine (C=N–C) groups is 1. The van der Waals surface area contributed by atoms with Gasteiger partial charge in [0.05, 0.1) is 0 Å². The zero-order chi connectivity index (χ0) is 15.2. The lowest BCUT2D eigenvalue weighted by Gasteiger charge is -2.09. The number of benzene rings is 2. The highest BCUT2D eigenvalue weighted by Crippen LogP contribution is 2.24. The minimum Gasteiger partial charge on any atom is -0.506 e. The predicted octanol–water partition coefficient (Wildman–Crippen LogP) is 2.99. The summed E-state index contributed by atoms with van der Waals surface area (Å²) >= 11 is 0. The van der Waals surface area contributed by atoms with E-state index in [-0.39, 0.29) is 5.75 Å². The Balaban J connectivity index is 2.06. The Hall–Kier alpha value is -2.82. The normalized spacial score (nSPS) is 12.2. The Bertz CT molecular complexity index is 650. The molecule has 0 radical (unpaired) electrons. The number of phenols is 1. The van der Waals surface area contributed by atoms with Gasteiger partial charge in [0.1, 0.15) is 17.2 Å². The summed E-state index contributed by atoms with van der Waals surface area (Å²) in [6, 6.07) is 13.6. The van der Waals surface area contributed by atoms with Crippen LogP contribution in [0.15, 0.2) is 53.5 Å². The number of rotatable bonds is 5. The van der Waals surface area contributed by atoms with Gasteiger partial charge in [-0.2, -0.15) is 0 Å². The van der Waals surface area contributed by atoms with Crippen LogP contribution in [0, 0.1) is 0 Å². The van der Waals surface area contributed by atoms with Gasteiger partial charge in [-0.3, -0.25) is 4.99 Å². The highest BCUT2D eigenvalue weighted by Gasteiger charge is 2.11. The van der Waals surface area contributed by atoms with Crippen molar-refractivity contribution in [2.24, 2.45) is 4.99 Å². The molecule has 0 saturated heterocycles. The monoisotopic (exact) mass is 285 g/mol. The van der Waals surface area contributed by atoms with Crippen LogP contribution in [0.3, 0.4) is 0 Å². The lowest BCUT2D eigenvalue weighted by molar-refractivity contribution is -0.144. The Morgan fingerprint density at radius 2 is 1.86 bits per heavy atom. The molecule has 0 aromatic heterocycles. The maximum atomic E-state index is 10.7. The van der Waals surface area contributed by atoms with E-state index in [4.69, 9.17) is 9.84 Å². The van der Waals surface area contributed by atoms with Gasteiger partial charge < -0.3 is 14.9 Å². The van der Waals surface area contributed by atoms with Gasteiger partial charge in [0.25, 0.3) is 0 Å². The lowest BCUT2D eigenvalue weighted by Crippen LogP contribution is -2.22. The Kier molecular flexibility index (Phi) is 4.56. The van der Waals surface area contributed by atoms with E-state index in [1.165, 1.54) is 6.92 Å². The van der Waals surface area contributed by atoms with Crippen molar-refractivity contribution in [3.8, 4) is 11.5 Å². The molecule has 1 unspecified atom stereocenters. The fraction of sp³-hybridized carbons (Fsp3) is 0.125. The number of phenolic OH excluding ortho intramolecular Hbond substituents is 1. The minimum atomic E-state index is -1.01. The second-order valence-corrected chi connectivity index (χ2v) is 4.41. The van der Waals surface area contributed by atoms with Crippen LogP contribution < -0.4 is 4.74 Å². The summed E-state index contributed by atoms with van der Waals surface area (Å²) in [4.78, 5) is 14.9. The van der Waals surface area contributed by atoms with Crippen LogP contribution in [0.5, 0.6) is 11.5 Å². The van der Waals surface area contributed by atoms with Gasteiger partial charge in [0.15, 0.2) is 6.10 Å². The number of carbonyl (C=O) groups is 1. The Labute approximate surface area is 122 Å². The van der Waals surface area contributed by atoms with Crippen molar-refractivity contribution >= 4 is 17.9 Å². The average Bonchev–Trinajstić information content (AvgIpc) is 2.48. The molecule has 2 N–H and O–H groups in total. The summed E-state index contributed by atoms with van der Waals surface area (Å²) in [6.45, 7) is 1.47. The molecular weight excluding hydrogens is 270 g/mol. The number of para-hydroxylation sites is 2. The molecular formula is C16H15NO4. The molecule has 5 heteroatoms. The third-order valence-corrected chi connectivity index (χ3v) is 2.78. The molecule has 2 aromatic carbocycles. The number of hydrogen-bond donors (Lipinski definition) is 2. The molecule has 2 aromatic rings. The zero-order valence-electron chi connectivity index (χ0n) is 11.4. The first-order valence-corrected chi connectivity index (χ1v) is 6.38. The summed E-state index contributed by atoms with van der Waals surface area (Å²) in [5.41, 5.74) is 1.30. The molecule has 0 heterocycles. The standard InChI is InChI=1S/C16H15NO4/c1-11(16(19)20)21-13-8-6-12(7-9-13)10-17-14-4-2-3-5-15(14)18/h2-11,18H,1H3,(H,19,20). The Morgan fingerprint density at radius 1 is 1.19 bits per heavy atom. The number of aromatic hydroxyl groups is 1. The number of nitrogens with zero attached hydrogens (tertiary/aromatic N) is 1. The predicted molar refractivity (Wildman–Crippen MR) is 79.5 cm³/mol. The summed E-state index contributed by atoms with van der Waals surface area (Å²) < 4.78 is 5.23. The molecule has 2 rings (SSSR count). The van der Waals surface area contributed by atoms with Crippen LogP contribution >= 0.6 is 0 Å². The van der Waals surface area contributed by atoms with Gasteiger partial charge >= 0.3 is 5.97 Å². The van der Waals surface area contributed by atoms with E-state index in [0.29, 0.717) is 11.4 Å². The third kappa shape index (κ3) is 4.07. The van der Waals surface area contributed by atoms with E-state index in [1.54, 1.807) is 54.7 Å². The first-order chi connectivity index (χ1) is 10.1. The van der Waals surface area contributed by atoms with E-state index < -0.39 is 12.1 Å². The molecule has 21 heavy (non-hydrogen) atoms. The third-order valence-electron chi connectivity index (χ3n) is 2.78. The van der Waals surface area contributed by atoms with Crippen molar-refractivity contribution < 1.29 is 19.7 Å². The van der Waals surface area contributed by atoms with Crippen molar-refractivity contribution in [1.29, 1.82) is 0 Å². The van der Waals surface area contributed by atoms with Crippen molar-refractivity contribution in [3.05, 3.63) is 54.1 Å². The van der Waals surface area contributed by atoms with E-state index in [1.807, 2.05) is 0 Å². The molecule has 0 saturated carbocycles. The van der Waals surface area contributed by atoms with E-state index in [2.05, 4.69) is 4.99 Å². The van der Waals surface area contributed by atoms with Crippen molar-refractivity contribution in [3.63, 3.8) is 0 Å². The minimum absolute atomic E-state index is 0.115. The molecule has 0 spiro atoms. The molecule has 5 nitrogen and oxygen atoms in total. The smallest absolute Gasteiger partial charge is 0.344 e. The zero-order valence-corrected chi connectivity index (χ0v) is 11.4. The van der Waals surface area contributed by atoms with Crippen LogP contribution in [-0.4, -0.2) is 28.5 Å². The van der Waals surface area contributed by atoms with Crippen LogP contribution in [-0.2, 0) is 4.79 Å². The second-order valence-electron chi connectivity index (χ2n) is 4.41. The lowest BCUT2D eigenvalue weighted by atomic mass is 10.2. The maximum Gasteiger partial charge on any atom is 0.344 e. The number of carboxylic acid groups (broad SMARTS) is 1. The number of hydrogen-bond acceptors (Lipinski definition) is 4. The SMILES string of the molecule is CC(Oc1ccc(C=Nc2ccccc2O)cc1)C(=O)O. The van der Waals surface area contributed by atoms with Crippen LogP contribution in [0.4, 0.5) is 5.69 Å². The number of carboxylic acids is 1. The summed E-state index contributed by atoms with van der Waals surface area (Å²) in [6.07, 6.45) is 0.713. The van der Waals surface area contributed by atoms with Crippen LogP contribution in [0.2, 0.25) is 0 Å². The van der Waals surface area contributed by atoms with Crippen LogP contribution in [0.25, 0.3) is 0 Å². The van der Waals surface area contributed by atoms with Crippen molar-refractivity contribution in [2.45, 2.75) is 13.0 Å². The van der Waals surface area contributed by atoms with Gasteiger partial charge in [0.2, 0.25) is 0 Å². The van der Waals surface area contributed by atoms with Gasteiger partial charge in [0, 0.05) is 6.21 Å². The number of aliphatic carboxylic acids is 1. The van der Waals surface area contributed by atoms with Gasteiger partial charge in [-0.25, -0.2) is 4.79 Å². The Morgan fingerprint density at radius 3 is 2.48 bits per heavy atom. The van der Waals surface area contributed by atoms with Gasteiger partial charge in [-0.1, -0.05) is 12.1 Å². The fourth-order valence-electron chi connectivity index (χ4n) is 1.60. The van der Waals surface area contributed by atoms with E-state index in [9.17, 15) is 9.90 Å². The maximum absolute atomic E-state index is 10.7. The highest BCUT2D eigenvalue weighted by molar-refractivity contribution is 5.82. The fourth-order valence-corrected chi connectivity index (χ4v) is 1.60. The van der Waals surface area contributed by atoms with E-state index >= 15 is 0 Å².